The zero-order valence-corrected chi connectivity index (χ0v) is 17.8. The lowest BCUT2D eigenvalue weighted by Crippen LogP contribution is -2.25. The lowest BCUT2D eigenvalue weighted by Gasteiger charge is -2.19. The second kappa shape index (κ2) is 8.05. The van der Waals surface area contributed by atoms with E-state index in [4.69, 9.17) is 4.98 Å². The number of anilines is 1. The summed E-state index contributed by atoms with van der Waals surface area (Å²) in [5.74, 6) is -1.09. The highest BCUT2D eigenvalue weighted by Crippen LogP contribution is 2.29. The highest BCUT2D eigenvalue weighted by molar-refractivity contribution is 5.82. The molecule has 4 aromatic heterocycles. The number of aryl methyl sites for hydroxylation is 1. The summed E-state index contributed by atoms with van der Waals surface area (Å²) in [5, 5.41) is 3.23. The molecule has 5 aromatic rings. The first kappa shape index (κ1) is 20.7. The van der Waals surface area contributed by atoms with E-state index in [1.54, 1.807) is 13.0 Å². The van der Waals surface area contributed by atoms with Crippen LogP contribution in [0.1, 0.15) is 31.3 Å². The highest BCUT2D eigenvalue weighted by Gasteiger charge is 2.22. The summed E-state index contributed by atoms with van der Waals surface area (Å²) in [5.41, 5.74) is 2.41. The van der Waals surface area contributed by atoms with Crippen LogP contribution in [0.3, 0.4) is 0 Å². The van der Waals surface area contributed by atoms with Crippen LogP contribution < -0.4 is 10.9 Å². The average Bonchev–Trinajstić information content (AvgIpc) is 3.27. The molecular weight excluding hydrogens is 428 g/mol. The van der Waals surface area contributed by atoms with Gasteiger partial charge in [0.05, 0.1) is 23.6 Å². The Bertz CT molecular complexity index is 1540. The molecule has 166 valence electrons. The molecule has 0 spiro atoms. The van der Waals surface area contributed by atoms with Crippen LogP contribution >= 0.6 is 0 Å². The predicted molar refractivity (Wildman–Crippen MR) is 120 cm³/mol. The Kier molecular flexibility index (Phi) is 5.04. The fraction of sp³-hybridized carbons (Fsp3) is 0.174. The number of hydrogen-bond acceptors (Lipinski definition) is 6. The molecule has 0 bridgehead atoms. The van der Waals surface area contributed by atoms with Crippen molar-refractivity contribution in [3.05, 3.63) is 82.4 Å². The topological polar surface area (TPSA) is 101 Å². The van der Waals surface area contributed by atoms with Crippen molar-refractivity contribution >= 4 is 22.6 Å². The molecule has 0 radical (unpaired) electrons. The van der Waals surface area contributed by atoms with E-state index in [2.05, 4.69) is 25.3 Å². The lowest BCUT2D eigenvalue weighted by atomic mass is 10.0. The van der Waals surface area contributed by atoms with Crippen molar-refractivity contribution in [1.29, 1.82) is 0 Å². The van der Waals surface area contributed by atoms with E-state index in [9.17, 15) is 13.6 Å². The summed E-state index contributed by atoms with van der Waals surface area (Å²) in [6, 6.07) is 7.86. The summed E-state index contributed by atoms with van der Waals surface area (Å²) in [6.45, 7) is 3.72. The first-order valence-corrected chi connectivity index (χ1v) is 10.4. The molecule has 0 aliphatic rings. The Morgan fingerprint density at radius 2 is 1.91 bits per heavy atom. The zero-order valence-electron chi connectivity index (χ0n) is 17.8. The van der Waals surface area contributed by atoms with Crippen LogP contribution in [0.5, 0.6) is 0 Å². The van der Waals surface area contributed by atoms with Gasteiger partial charge in [-0.05, 0) is 43.2 Å². The van der Waals surface area contributed by atoms with Crippen LogP contribution in [-0.2, 0) is 6.42 Å². The first-order chi connectivity index (χ1) is 16.0. The number of hydrogen-bond donors (Lipinski definition) is 2. The van der Waals surface area contributed by atoms with Gasteiger partial charge in [-0.3, -0.25) is 9.20 Å². The second-order valence-electron chi connectivity index (χ2n) is 7.59. The number of nitrogens with zero attached hydrogens (tertiary/aromatic N) is 5. The van der Waals surface area contributed by atoms with Crippen LogP contribution in [0.2, 0.25) is 0 Å². The van der Waals surface area contributed by atoms with E-state index in [0.717, 1.165) is 23.9 Å². The van der Waals surface area contributed by atoms with Gasteiger partial charge < -0.3 is 10.3 Å². The average molecular weight is 447 g/mol. The van der Waals surface area contributed by atoms with Gasteiger partial charge in [-0.1, -0.05) is 13.0 Å². The predicted octanol–water partition coefficient (Wildman–Crippen LogP) is 4.04. The second-order valence-corrected chi connectivity index (χ2v) is 7.59. The molecule has 0 aliphatic heterocycles. The number of aromatic nitrogens is 6. The maximum atomic E-state index is 14.1. The SMILES string of the molecule is CCc1cccc2nc(C(C)Nc3ncnc4nc[nH]c34)c(-c3cc(F)cc(F)c3)c(=O)n12. The molecule has 0 amide bonds. The fourth-order valence-corrected chi connectivity index (χ4v) is 3.97. The van der Waals surface area contributed by atoms with Gasteiger partial charge >= 0.3 is 0 Å². The molecule has 0 fully saturated rings. The number of pyridine rings is 1. The number of fused-ring (bicyclic) bond motifs is 2. The van der Waals surface area contributed by atoms with E-state index in [1.807, 2.05) is 19.1 Å². The standard InChI is InChI=1S/C23H19F2N7O/c1-3-16-5-4-6-17-31-19(12(2)30-22-20-21(27-10-26-20)28-11-29-22)18(23(33)32(16)17)13-7-14(24)9-15(25)8-13/h4-12H,3H2,1-2H3,(H2,26,27,28,29,30). The van der Waals surface area contributed by atoms with Gasteiger partial charge in [0.2, 0.25) is 0 Å². The van der Waals surface area contributed by atoms with Gasteiger partial charge in [-0.15, -0.1) is 0 Å². The van der Waals surface area contributed by atoms with Crippen molar-refractivity contribution in [1.82, 2.24) is 29.3 Å². The smallest absolute Gasteiger partial charge is 0.266 e. The van der Waals surface area contributed by atoms with Crippen molar-refractivity contribution in [2.24, 2.45) is 0 Å². The Morgan fingerprint density at radius 1 is 1.12 bits per heavy atom. The van der Waals surface area contributed by atoms with Gasteiger partial charge in [-0.2, -0.15) is 0 Å². The van der Waals surface area contributed by atoms with Gasteiger partial charge in [0.15, 0.2) is 11.5 Å². The third-order valence-corrected chi connectivity index (χ3v) is 5.46. The maximum Gasteiger partial charge on any atom is 0.266 e. The van der Waals surface area contributed by atoms with Crippen LogP contribution in [-0.4, -0.2) is 29.3 Å². The molecule has 10 heteroatoms. The van der Waals surface area contributed by atoms with Crippen LogP contribution in [0.25, 0.3) is 27.9 Å². The van der Waals surface area contributed by atoms with Gasteiger partial charge in [0.1, 0.15) is 29.1 Å². The van der Waals surface area contributed by atoms with E-state index < -0.39 is 23.2 Å². The summed E-state index contributed by atoms with van der Waals surface area (Å²) >= 11 is 0. The third-order valence-electron chi connectivity index (χ3n) is 5.46. The van der Waals surface area contributed by atoms with Crippen molar-refractivity contribution in [3.63, 3.8) is 0 Å². The van der Waals surface area contributed by atoms with Crippen molar-refractivity contribution in [2.75, 3.05) is 5.32 Å². The largest absolute Gasteiger partial charge is 0.360 e. The van der Waals surface area contributed by atoms with E-state index >= 15 is 0 Å². The number of rotatable bonds is 5. The maximum absolute atomic E-state index is 14.1. The van der Waals surface area contributed by atoms with Gasteiger partial charge in [0.25, 0.3) is 5.56 Å². The molecule has 1 aromatic carbocycles. The Hall–Kier alpha value is -4.21. The number of H-pyrrole nitrogens is 1. The lowest BCUT2D eigenvalue weighted by molar-refractivity contribution is 0.584. The minimum Gasteiger partial charge on any atom is -0.360 e. The Morgan fingerprint density at radius 3 is 2.67 bits per heavy atom. The Balaban J connectivity index is 1.75. The van der Waals surface area contributed by atoms with E-state index in [-0.39, 0.29) is 11.1 Å². The summed E-state index contributed by atoms with van der Waals surface area (Å²) < 4.78 is 29.7. The number of nitrogens with one attached hydrogen (secondary N) is 2. The van der Waals surface area contributed by atoms with Gasteiger partial charge in [0, 0.05) is 11.8 Å². The van der Waals surface area contributed by atoms with Crippen LogP contribution in [0.15, 0.2) is 53.8 Å². The summed E-state index contributed by atoms with van der Waals surface area (Å²) in [7, 11) is 0. The Labute approximate surface area is 186 Å². The monoisotopic (exact) mass is 447 g/mol. The highest BCUT2D eigenvalue weighted by atomic mass is 19.1. The third kappa shape index (κ3) is 3.59. The minimum absolute atomic E-state index is 0.113. The normalized spacial score (nSPS) is 12.4. The first-order valence-electron chi connectivity index (χ1n) is 10.4. The van der Waals surface area contributed by atoms with Crippen molar-refractivity contribution in [3.8, 4) is 11.1 Å². The molecule has 4 heterocycles. The quantitative estimate of drug-likeness (QED) is 0.422. The van der Waals surface area contributed by atoms with E-state index in [0.29, 0.717) is 34.7 Å². The minimum atomic E-state index is -0.778. The van der Waals surface area contributed by atoms with Gasteiger partial charge in [-0.25, -0.2) is 28.7 Å². The fourth-order valence-electron chi connectivity index (χ4n) is 3.97. The molecule has 0 aliphatic carbocycles. The molecular formula is C23H19F2N7O. The molecule has 8 nitrogen and oxygen atoms in total. The summed E-state index contributed by atoms with van der Waals surface area (Å²) in [6.07, 6.45) is 3.46. The number of halogens is 2. The molecule has 5 rings (SSSR count). The summed E-state index contributed by atoms with van der Waals surface area (Å²) in [4.78, 5) is 33.9. The number of benzene rings is 1. The van der Waals surface area contributed by atoms with Crippen molar-refractivity contribution < 1.29 is 8.78 Å². The van der Waals surface area contributed by atoms with Crippen LogP contribution in [0, 0.1) is 11.6 Å². The molecule has 33 heavy (non-hydrogen) atoms. The molecule has 0 saturated carbocycles. The molecule has 2 N–H and O–H groups in total. The number of imidazole rings is 1. The van der Waals surface area contributed by atoms with Crippen LogP contribution in [0.4, 0.5) is 14.6 Å². The van der Waals surface area contributed by atoms with Crippen molar-refractivity contribution in [2.45, 2.75) is 26.3 Å². The van der Waals surface area contributed by atoms with E-state index in [1.165, 1.54) is 17.1 Å². The molecule has 1 unspecified atom stereocenters. The molecule has 0 saturated heterocycles. The molecule has 1 atom stereocenters. The number of aromatic amines is 1. The zero-order chi connectivity index (χ0) is 23.1.